The van der Waals surface area contributed by atoms with E-state index in [0.29, 0.717) is 6.54 Å². The van der Waals surface area contributed by atoms with Gasteiger partial charge in [0, 0.05) is 17.0 Å². The van der Waals surface area contributed by atoms with Crippen LogP contribution in [0, 0.1) is 6.92 Å². The van der Waals surface area contributed by atoms with Gasteiger partial charge in [0.15, 0.2) is 0 Å². The number of hydrogen-bond donors (Lipinski definition) is 1. The molecule has 0 heterocycles. The van der Waals surface area contributed by atoms with Crippen LogP contribution in [-0.2, 0) is 6.54 Å². The molecule has 3 nitrogen and oxygen atoms in total. The number of carbonyl (C=O) groups excluding carboxylic acids is 1. The maximum Gasteiger partial charge on any atom is 0.251 e. The van der Waals surface area contributed by atoms with Crippen molar-refractivity contribution in [2.24, 2.45) is 0 Å². The molecule has 0 saturated heterocycles. The monoisotopic (exact) mass is 301 g/mol. The fraction of sp³-hybridized carbons (Fsp3) is 0.235. The Morgan fingerprint density at radius 2 is 1.90 bits per heavy atom. The lowest BCUT2D eigenvalue weighted by atomic mass is 10.1. The Kier molecular flexibility index (Phi) is 5.28. The topological polar surface area (TPSA) is 38.3 Å². The number of thioether (sulfide) groups is 1. The van der Waals surface area contributed by atoms with E-state index in [1.165, 1.54) is 0 Å². The molecule has 110 valence electrons. The lowest BCUT2D eigenvalue weighted by molar-refractivity contribution is 0.0950. The second kappa shape index (κ2) is 7.18. The van der Waals surface area contributed by atoms with E-state index >= 15 is 0 Å². The fourth-order valence-corrected chi connectivity index (χ4v) is 2.43. The smallest absolute Gasteiger partial charge is 0.251 e. The second-order valence-electron chi connectivity index (χ2n) is 4.71. The van der Waals surface area contributed by atoms with Gasteiger partial charge in [0.2, 0.25) is 0 Å². The molecule has 2 aromatic rings. The Labute approximate surface area is 129 Å². The lowest BCUT2D eigenvalue weighted by Crippen LogP contribution is -2.23. The highest BCUT2D eigenvalue weighted by Gasteiger charge is 2.09. The fourth-order valence-electron chi connectivity index (χ4n) is 1.99. The zero-order chi connectivity index (χ0) is 15.2. The SMILES string of the molecule is COc1ccc(CNC(=O)c2cc(SC)ccc2C)cc1. The standard InChI is InChI=1S/C17H19NO2S/c1-12-4-9-15(21-3)10-16(12)17(19)18-11-13-5-7-14(20-2)8-6-13/h4-10H,11H2,1-3H3,(H,18,19). The minimum Gasteiger partial charge on any atom is -0.497 e. The van der Waals surface area contributed by atoms with E-state index in [9.17, 15) is 4.79 Å². The van der Waals surface area contributed by atoms with E-state index in [1.807, 2.05) is 55.6 Å². The molecule has 0 fully saturated rings. The van der Waals surface area contributed by atoms with E-state index in [0.717, 1.165) is 27.3 Å². The van der Waals surface area contributed by atoms with Crippen molar-refractivity contribution < 1.29 is 9.53 Å². The number of methoxy groups -OCH3 is 1. The molecule has 2 aromatic carbocycles. The van der Waals surface area contributed by atoms with Crippen molar-refractivity contribution in [3.63, 3.8) is 0 Å². The number of hydrogen-bond acceptors (Lipinski definition) is 3. The molecule has 1 N–H and O–H groups in total. The average Bonchev–Trinajstić information content (AvgIpc) is 2.53. The van der Waals surface area contributed by atoms with Gasteiger partial charge in [-0.05, 0) is 48.6 Å². The summed E-state index contributed by atoms with van der Waals surface area (Å²) < 4.78 is 5.12. The number of aryl methyl sites for hydroxylation is 1. The highest BCUT2D eigenvalue weighted by Crippen LogP contribution is 2.19. The Hall–Kier alpha value is -1.94. The Morgan fingerprint density at radius 1 is 1.19 bits per heavy atom. The van der Waals surface area contributed by atoms with Gasteiger partial charge in [-0.1, -0.05) is 18.2 Å². The van der Waals surface area contributed by atoms with Crippen LogP contribution in [0.15, 0.2) is 47.4 Å². The first-order chi connectivity index (χ1) is 10.1. The molecule has 0 aromatic heterocycles. The summed E-state index contributed by atoms with van der Waals surface area (Å²) in [6.07, 6.45) is 2.00. The van der Waals surface area contributed by atoms with Crippen molar-refractivity contribution in [1.82, 2.24) is 5.32 Å². The predicted molar refractivity (Wildman–Crippen MR) is 87.1 cm³/mol. The number of carbonyl (C=O) groups is 1. The average molecular weight is 301 g/mol. The molecule has 0 aliphatic rings. The lowest BCUT2D eigenvalue weighted by Gasteiger charge is -2.09. The van der Waals surface area contributed by atoms with E-state index < -0.39 is 0 Å². The van der Waals surface area contributed by atoms with Gasteiger partial charge in [-0.15, -0.1) is 11.8 Å². The quantitative estimate of drug-likeness (QED) is 0.857. The van der Waals surface area contributed by atoms with E-state index in [-0.39, 0.29) is 5.91 Å². The predicted octanol–water partition coefficient (Wildman–Crippen LogP) is 3.66. The van der Waals surface area contributed by atoms with Crippen LogP contribution in [-0.4, -0.2) is 19.3 Å². The maximum atomic E-state index is 12.3. The Bertz CT molecular complexity index is 623. The zero-order valence-corrected chi connectivity index (χ0v) is 13.3. The zero-order valence-electron chi connectivity index (χ0n) is 12.5. The molecule has 21 heavy (non-hydrogen) atoms. The minimum atomic E-state index is -0.0424. The van der Waals surface area contributed by atoms with Crippen LogP contribution in [0.1, 0.15) is 21.5 Å². The summed E-state index contributed by atoms with van der Waals surface area (Å²) in [4.78, 5) is 13.4. The number of ether oxygens (including phenoxy) is 1. The molecular weight excluding hydrogens is 282 g/mol. The van der Waals surface area contributed by atoms with Crippen molar-refractivity contribution in [2.45, 2.75) is 18.4 Å². The highest BCUT2D eigenvalue weighted by atomic mass is 32.2. The van der Waals surface area contributed by atoms with E-state index in [1.54, 1.807) is 18.9 Å². The van der Waals surface area contributed by atoms with Gasteiger partial charge in [-0.2, -0.15) is 0 Å². The molecule has 2 rings (SSSR count). The van der Waals surface area contributed by atoms with Crippen LogP contribution in [0.5, 0.6) is 5.75 Å². The molecular formula is C17H19NO2S. The summed E-state index contributed by atoms with van der Waals surface area (Å²) in [7, 11) is 1.64. The largest absolute Gasteiger partial charge is 0.497 e. The van der Waals surface area contributed by atoms with Crippen LogP contribution in [0.3, 0.4) is 0 Å². The number of nitrogens with one attached hydrogen (secondary N) is 1. The molecule has 0 aliphatic carbocycles. The summed E-state index contributed by atoms with van der Waals surface area (Å²) in [6.45, 7) is 2.46. The van der Waals surface area contributed by atoms with Gasteiger partial charge in [-0.25, -0.2) is 0 Å². The summed E-state index contributed by atoms with van der Waals surface area (Å²) in [6, 6.07) is 13.6. The number of benzene rings is 2. The first-order valence-corrected chi connectivity index (χ1v) is 7.92. The van der Waals surface area contributed by atoms with Crippen LogP contribution in [0.2, 0.25) is 0 Å². The summed E-state index contributed by atoms with van der Waals surface area (Å²) in [5, 5.41) is 2.96. The summed E-state index contributed by atoms with van der Waals surface area (Å²) >= 11 is 1.63. The summed E-state index contributed by atoms with van der Waals surface area (Å²) in [5.41, 5.74) is 2.76. The molecule has 1 amide bonds. The van der Waals surface area contributed by atoms with Crippen LogP contribution in [0.25, 0.3) is 0 Å². The number of amides is 1. The molecule has 0 bridgehead atoms. The molecule has 0 unspecified atom stereocenters. The van der Waals surface area contributed by atoms with Crippen molar-refractivity contribution in [3.8, 4) is 5.75 Å². The summed E-state index contributed by atoms with van der Waals surface area (Å²) in [5.74, 6) is 0.771. The van der Waals surface area contributed by atoms with Gasteiger partial charge >= 0.3 is 0 Å². The normalized spacial score (nSPS) is 10.2. The van der Waals surface area contributed by atoms with Crippen LogP contribution >= 0.6 is 11.8 Å². The second-order valence-corrected chi connectivity index (χ2v) is 5.59. The Balaban J connectivity index is 2.04. The van der Waals surface area contributed by atoms with Crippen LogP contribution in [0.4, 0.5) is 0 Å². The maximum absolute atomic E-state index is 12.3. The molecule has 0 atom stereocenters. The van der Waals surface area contributed by atoms with Crippen LogP contribution < -0.4 is 10.1 Å². The minimum absolute atomic E-state index is 0.0424. The molecule has 4 heteroatoms. The highest BCUT2D eigenvalue weighted by molar-refractivity contribution is 7.98. The van der Waals surface area contributed by atoms with Gasteiger partial charge in [-0.3, -0.25) is 4.79 Å². The first-order valence-electron chi connectivity index (χ1n) is 6.70. The van der Waals surface area contributed by atoms with E-state index in [4.69, 9.17) is 4.74 Å². The molecule has 0 aliphatic heterocycles. The third kappa shape index (κ3) is 4.02. The third-order valence-electron chi connectivity index (χ3n) is 3.30. The third-order valence-corrected chi connectivity index (χ3v) is 4.03. The molecule has 0 spiro atoms. The van der Waals surface area contributed by atoms with Gasteiger partial charge in [0.05, 0.1) is 7.11 Å². The first kappa shape index (κ1) is 15.4. The van der Waals surface area contributed by atoms with E-state index in [2.05, 4.69) is 5.32 Å². The van der Waals surface area contributed by atoms with Gasteiger partial charge < -0.3 is 10.1 Å². The molecule has 0 radical (unpaired) electrons. The van der Waals surface area contributed by atoms with Gasteiger partial charge in [0.25, 0.3) is 5.91 Å². The number of rotatable bonds is 5. The molecule has 0 saturated carbocycles. The van der Waals surface area contributed by atoms with Crippen molar-refractivity contribution in [1.29, 1.82) is 0 Å². The Morgan fingerprint density at radius 3 is 2.52 bits per heavy atom. The van der Waals surface area contributed by atoms with Crippen molar-refractivity contribution in [3.05, 3.63) is 59.2 Å². The van der Waals surface area contributed by atoms with Crippen molar-refractivity contribution in [2.75, 3.05) is 13.4 Å². The van der Waals surface area contributed by atoms with Gasteiger partial charge in [0.1, 0.15) is 5.75 Å². The van der Waals surface area contributed by atoms with Crippen molar-refractivity contribution >= 4 is 17.7 Å².